The maximum absolute atomic E-state index is 9.24. The Kier molecular flexibility index (Phi) is 4.29. The van der Waals surface area contributed by atoms with Crippen molar-refractivity contribution in [3.05, 3.63) is 54.1 Å². The molecule has 2 rings (SSSR count). The smallest absolute Gasteiger partial charge is 0.142 e. The molecule has 19 heavy (non-hydrogen) atoms. The molecular formula is C16H19NO2. The number of aromatic hydroxyl groups is 1. The SMILES string of the molecule is CC(C)Oc1ccccc1NCc1ccc(O)cc1. The summed E-state index contributed by atoms with van der Waals surface area (Å²) in [5.74, 6) is 1.14. The molecule has 2 aromatic carbocycles. The first kappa shape index (κ1) is 13.3. The molecule has 0 unspecified atom stereocenters. The molecule has 3 heteroatoms. The first-order valence-electron chi connectivity index (χ1n) is 6.42. The van der Waals surface area contributed by atoms with Crippen LogP contribution in [-0.2, 0) is 6.54 Å². The molecule has 0 amide bonds. The second kappa shape index (κ2) is 6.14. The van der Waals surface area contributed by atoms with Gasteiger partial charge in [0.15, 0.2) is 0 Å². The molecule has 0 saturated heterocycles. The van der Waals surface area contributed by atoms with Crippen LogP contribution in [0.2, 0.25) is 0 Å². The Morgan fingerprint density at radius 2 is 1.74 bits per heavy atom. The van der Waals surface area contributed by atoms with Crippen LogP contribution >= 0.6 is 0 Å². The number of ether oxygens (including phenoxy) is 1. The monoisotopic (exact) mass is 257 g/mol. The van der Waals surface area contributed by atoms with Gasteiger partial charge in [-0.15, -0.1) is 0 Å². The van der Waals surface area contributed by atoms with E-state index in [9.17, 15) is 5.11 Å². The van der Waals surface area contributed by atoms with Gasteiger partial charge < -0.3 is 15.2 Å². The molecule has 2 aromatic rings. The van der Waals surface area contributed by atoms with Gasteiger partial charge in [-0.05, 0) is 43.7 Å². The van der Waals surface area contributed by atoms with Gasteiger partial charge in [-0.2, -0.15) is 0 Å². The lowest BCUT2D eigenvalue weighted by atomic mass is 10.2. The fourth-order valence-electron chi connectivity index (χ4n) is 1.78. The molecule has 0 aliphatic heterocycles. The molecule has 2 N–H and O–H groups in total. The van der Waals surface area contributed by atoms with E-state index < -0.39 is 0 Å². The number of nitrogens with one attached hydrogen (secondary N) is 1. The maximum atomic E-state index is 9.24. The molecule has 3 nitrogen and oxygen atoms in total. The third kappa shape index (κ3) is 3.91. The number of hydrogen-bond donors (Lipinski definition) is 2. The standard InChI is InChI=1S/C16H19NO2/c1-12(2)19-16-6-4-3-5-15(16)17-11-13-7-9-14(18)10-8-13/h3-10,12,17-18H,11H2,1-2H3. The second-order valence-electron chi connectivity index (χ2n) is 4.68. The van der Waals surface area contributed by atoms with Crippen molar-refractivity contribution in [3.63, 3.8) is 0 Å². The second-order valence-corrected chi connectivity index (χ2v) is 4.68. The number of benzene rings is 2. The van der Waals surface area contributed by atoms with E-state index in [0.717, 1.165) is 17.0 Å². The number of anilines is 1. The van der Waals surface area contributed by atoms with Gasteiger partial charge in [-0.25, -0.2) is 0 Å². The normalized spacial score (nSPS) is 10.5. The topological polar surface area (TPSA) is 41.5 Å². The summed E-state index contributed by atoms with van der Waals surface area (Å²) in [4.78, 5) is 0. The van der Waals surface area contributed by atoms with Crippen molar-refractivity contribution in [3.8, 4) is 11.5 Å². The summed E-state index contributed by atoms with van der Waals surface area (Å²) in [5, 5.41) is 12.6. The molecule has 0 aliphatic carbocycles. The van der Waals surface area contributed by atoms with Crippen molar-refractivity contribution in [2.45, 2.75) is 26.5 Å². The van der Waals surface area contributed by atoms with Gasteiger partial charge in [-0.3, -0.25) is 0 Å². The van der Waals surface area contributed by atoms with Crippen LogP contribution in [-0.4, -0.2) is 11.2 Å². The Morgan fingerprint density at radius 1 is 1.05 bits per heavy atom. The molecular weight excluding hydrogens is 238 g/mol. The third-order valence-corrected chi connectivity index (χ3v) is 2.67. The highest BCUT2D eigenvalue weighted by Crippen LogP contribution is 2.25. The van der Waals surface area contributed by atoms with Crippen molar-refractivity contribution in [2.24, 2.45) is 0 Å². The Morgan fingerprint density at radius 3 is 2.42 bits per heavy atom. The minimum absolute atomic E-state index is 0.150. The van der Waals surface area contributed by atoms with Crippen LogP contribution in [0.1, 0.15) is 19.4 Å². The van der Waals surface area contributed by atoms with Crippen molar-refractivity contribution < 1.29 is 9.84 Å². The number of hydrogen-bond acceptors (Lipinski definition) is 3. The van der Waals surface area contributed by atoms with Gasteiger partial charge in [0, 0.05) is 6.54 Å². The van der Waals surface area contributed by atoms with Crippen LogP contribution in [0.3, 0.4) is 0 Å². The molecule has 0 bridgehead atoms. The van der Waals surface area contributed by atoms with E-state index in [1.165, 1.54) is 0 Å². The Balaban J connectivity index is 2.04. The van der Waals surface area contributed by atoms with Crippen LogP contribution in [0.15, 0.2) is 48.5 Å². The van der Waals surface area contributed by atoms with E-state index in [4.69, 9.17) is 4.74 Å². The van der Waals surface area contributed by atoms with Crippen LogP contribution in [0.4, 0.5) is 5.69 Å². The van der Waals surface area contributed by atoms with E-state index in [2.05, 4.69) is 5.32 Å². The highest BCUT2D eigenvalue weighted by atomic mass is 16.5. The lowest BCUT2D eigenvalue weighted by Crippen LogP contribution is -2.08. The average molecular weight is 257 g/mol. The maximum Gasteiger partial charge on any atom is 0.142 e. The number of phenols is 1. The summed E-state index contributed by atoms with van der Waals surface area (Å²) in [6, 6.07) is 15.1. The predicted octanol–water partition coefficient (Wildman–Crippen LogP) is 3.79. The lowest BCUT2D eigenvalue weighted by Gasteiger charge is -2.15. The highest BCUT2D eigenvalue weighted by molar-refractivity contribution is 5.56. The Labute approximate surface area is 113 Å². The minimum atomic E-state index is 0.150. The lowest BCUT2D eigenvalue weighted by molar-refractivity contribution is 0.243. The molecule has 0 saturated carbocycles. The molecule has 0 spiro atoms. The zero-order chi connectivity index (χ0) is 13.7. The summed E-state index contributed by atoms with van der Waals surface area (Å²) < 4.78 is 5.75. The van der Waals surface area contributed by atoms with Crippen LogP contribution in [0, 0.1) is 0 Å². The molecule has 0 radical (unpaired) electrons. The fourth-order valence-corrected chi connectivity index (χ4v) is 1.78. The average Bonchev–Trinajstić information content (AvgIpc) is 2.39. The molecule has 0 aliphatic rings. The molecule has 100 valence electrons. The first-order chi connectivity index (χ1) is 9.15. The number of para-hydroxylation sites is 2. The van der Waals surface area contributed by atoms with E-state index >= 15 is 0 Å². The van der Waals surface area contributed by atoms with Crippen molar-refractivity contribution >= 4 is 5.69 Å². The Hall–Kier alpha value is -2.16. The van der Waals surface area contributed by atoms with Crippen molar-refractivity contribution in [2.75, 3.05) is 5.32 Å². The van der Waals surface area contributed by atoms with Crippen molar-refractivity contribution in [1.82, 2.24) is 0 Å². The quantitative estimate of drug-likeness (QED) is 0.856. The van der Waals surface area contributed by atoms with Gasteiger partial charge in [0.25, 0.3) is 0 Å². The van der Waals surface area contributed by atoms with Crippen molar-refractivity contribution in [1.29, 1.82) is 0 Å². The third-order valence-electron chi connectivity index (χ3n) is 2.67. The largest absolute Gasteiger partial charge is 0.508 e. The van der Waals surface area contributed by atoms with E-state index in [-0.39, 0.29) is 11.9 Å². The molecule has 0 fully saturated rings. The van der Waals surface area contributed by atoms with E-state index in [1.807, 2.05) is 50.2 Å². The van der Waals surface area contributed by atoms with Gasteiger partial charge in [0.2, 0.25) is 0 Å². The zero-order valence-corrected chi connectivity index (χ0v) is 11.3. The molecule has 0 aromatic heterocycles. The molecule has 0 heterocycles. The van der Waals surface area contributed by atoms with Gasteiger partial charge in [0.1, 0.15) is 11.5 Å². The Bertz CT molecular complexity index is 521. The van der Waals surface area contributed by atoms with Crippen LogP contribution < -0.4 is 10.1 Å². The summed E-state index contributed by atoms with van der Waals surface area (Å²) in [7, 11) is 0. The highest BCUT2D eigenvalue weighted by Gasteiger charge is 2.04. The molecule has 0 atom stereocenters. The summed E-state index contributed by atoms with van der Waals surface area (Å²) in [6.45, 7) is 4.71. The van der Waals surface area contributed by atoms with Crippen LogP contribution in [0.5, 0.6) is 11.5 Å². The van der Waals surface area contributed by atoms with E-state index in [1.54, 1.807) is 12.1 Å². The first-order valence-corrected chi connectivity index (χ1v) is 6.42. The minimum Gasteiger partial charge on any atom is -0.508 e. The van der Waals surface area contributed by atoms with Gasteiger partial charge in [0.05, 0.1) is 11.8 Å². The van der Waals surface area contributed by atoms with E-state index in [0.29, 0.717) is 6.54 Å². The summed E-state index contributed by atoms with van der Waals surface area (Å²) >= 11 is 0. The fraction of sp³-hybridized carbons (Fsp3) is 0.250. The number of rotatable bonds is 5. The van der Waals surface area contributed by atoms with Crippen LogP contribution in [0.25, 0.3) is 0 Å². The predicted molar refractivity (Wildman–Crippen MR) is 77.6 cm³/mol. The summed E-state index contributed by atoms with van der Waals surface area (Å²) in [5.41, 5.74) is 2.08. The van der Waals surface area contributed by atoms with Gasteiger partial charge >= 0.3 is 0 Å². The van der Waals surface area contributed by atoms with Gasteiger partial charge in [-0.1, -0.05) is 24.3 Å². The zero-order valence-electron chi connectivity index (χ0n) is 11.3. The summed E-state index contributed by atoms with van der Waals surface area (Å²) in [6.07, 6.45) is 0.150. The number of phenolic OH excluding ortho intramolecular Hbond substituents is 1.